The van der Waals surface area contributed by atoms with Gasteiger partial charge in [-0.3, -0.25) is 4.79 Å². The van der Waals surface area contributed by atoms with E-state index in [1.54, 1.807) is 0 Å². The fraction of sp³-hybridized carbons (Fsp3) is 0.588. The first kappa shape index (κ1) is 18.9. The number of piperidine rings is 1. The number of benzene rings is 1. The lowest BCUT2D eigenvalue weighted by atomic mass is 10.0. The molecule has 0 aliphatic carbocycles. The fourth-order valence-corrected chi connectivity index (χ4v) is 2.52. The highest BCUT2D eigenvalue weighted by molar-refractivity contribution is 5.85. The van der Waals surface area contributed by atoms with Gasteiger partial charge in [-0.05, 0) is 37.8 Å². The van der Waals surface area contributed by atoms with Crippen molar-refractivity contribution >= 4 is 18.3 Å². The van der Waals surface area contributed by atoms with Crippen LogP contribution in [0.2, 0.25) is 0 Å². The summed E-state index contributed by atoms with van der Waals surface area (Å²) in [6.45, 7) is 3.09. The molecule has 4 nitrogen and oxygen atoms in total. The summed E-state index contributed by atoms with van der Waals surface area (Å²) in [6.07, 6.45) is 5.10. The Morgan fingerprint density at radius 3 is 2.77 bits per heavy atom. The van der Waals surface area contributed by atoms with Gasteiger partial charge in [0, 0.05) is 13.2 Å². The average Bonchev–Trinajstić information content (AvgIpc) is 2.55. The molecule has 1 atom stereocenters. The second-order valence-electron chi connectivity index (χ2n) is 5.50. The van der Waals surface area contributed by atoms with Crippen LogP contribution in [0, 0.1) is 0 Å². The Kier molecular flexibility index (Phi) is 9.87. The zero-order valence-corrected chi connectivity index (χ0v) is 13.9. The Hall–Kier alpha value is -1.10. The predicted molar refractivity (Wildman–Crippen MR) is 91.5 cm³/mol. The number of rotatable bonds is 8. The first-order valence-corrected chi connectivity index (χ1v) is 7.99. The molecule has 1 amide bonds. The number of halogens is 1. The van der Waals surface area contributed by atoms with E-state index in [9.17, 15) is 4.79 Å². The molecule has 2 N–H and O–H groups in total. The van der Waals surface area contributed by atoms with Gasteiger partial charge in [-0.1, -0.05) is 36.8 Å². The van der Waals surface area contributed by atoms with Crippen LogP contribution in [0.15, 0.2) is 30.3 Å². The molecule has 1 aromatic rings. The molecule has 2 rings (SSSR count). The van der Waals surface area contributed by atoms with E-state index in [-0.39, 0.29) is 24.4 Å². The van der Waals surface area contributed by atoms with Gasteiger partial charge in [0.25, 0.3) is 0 Å². The van der Waals surface area contributed by atoms with Gasteiger partial charge in [0.15, 0.2) is 0 Å². The maximum Gasteiger partial charge on any atom is 0.237 e. The topological polar surface area (TPSA) is 50.4 Å². The third kappa shape index (κ3) is 7.25. The van der Waals surface area contributed by atoms with Crippen LogP contribution >= 0.6 is 12.4 Å². The molecular weight excluding hydrogens is 300 g/mol. The molecule has 0 saturated carbocycles. The molecule has 0 spiro atoms. The Labute approximate surface area is 139 Å². The lowest BCUT2D eigenvalue weighted by Crippen LogP contribution is -2.46. The number of amides is 1. The molecule has 1 unspecified atom stereocenters. The summed E-state index contributed by atoms with van der Waals surface area (Å²) in [5, 5.41) is 6.23. The maximum atomic E-state index is 11.9. The first-order chi connectivity index (χ1) is 10.4. The van der Waals surface area contributed by atoms with Crippen molar-refractivity contribution in [1.82, 2.24) is 10.6 Å². The van der Waals surface area contributed by atoms with Gasteiger partial charge >= 0.3 is 0 Å². The fourth-order valence-electron chi connectivity index (χ4n) is 2.52. The Bertz CT molecular complexity index is 408. The van der Waals surface area contributed by atoms with E-state index in [1.165, 1.54) is 12.0 Å². The monoisotopic (exact) mass is 326 g/mol. The Morgan fingerprint density at radius 1 is 1.23 bits per heavy atom. The van der Waals surface area contributed by atoms with Gasteiger partial charge < -0.3 is 15.4 Å². The second-order valence-corrected chi connectivity index (χ2v) is 5.50. The predicted octanol–water partition coefficient (Wildman–Crippen LogP) is 2.32. The number of nitrogens with one attached hydrogen (secondary N) is 2. The van der Waals surface area contributed by atoms with Crippen LogP contribution < -0.4 is 10.6 Å². The van der Waals surface area contributed by atoms with Crippen LogP contribution in [0.3, 0.4) is 0 Å². The molecule has 1 aromatic carbocycles. The smallest absolute Gasteiger partial charge is 0.237 e. The number of hydrogen-bond donors (Lipinski definition) is 2. The molecular formula is C17H27ClN2O2. The summed E-state index contributed by atoms with van der Waals surface area (Å²) in [5.74, 6) is 0.138. The highest BCUT2D eigenvalue weighted by Gasteiger charge is 2.19. The minimum atomic E-state index is 0. The van der Waals surface area contributed by atoms with Gasteiger partial charge in [-0.25, -0.2) is 0 Å². The first-order valence-electron chi connectivity index (χ1n) is 7.99. The normalized spacial score (nSPS) is 17.5. The van der Waals surface area contributed by atoms with E-state index in [4.69, 9.17) is 4.74 Å². The third-order valence-electron chi connectivity index (χ3n) is 3.77. The summed E-state index contributed by atoms with van der Waals surface area (Å²) in [4.78, 5) is 11.9. The van der Waals surface area contributed by atoms with Gasteiger partial charge in [0.05, 0.1) is 12.6 Å². The van der Waals surface area contributed by atoms with E-state index in [2.05, 4.69) is 22.8 Å². The van der Waals surface area contributed by atoms with Crippen LogP contribution in [-0.4, -0.2) is 38.3 Å². The molecule has 0 radical (unpaired) electrons. The summed E-state index contributed by atoms with van der Waals surface area (Å²) in [7, 11) is 0. The van der Waals surface area contributed by atoms with Gasteiger partial charge in [-0.15, -0.1) is 12.4 Å². The zero-order chi connectivity index (χ0) is 14.8. The number of carbonyl (C=O) groups is 1. The Balaban J connectivity index is 0.00000242. The molecule has 22 heavy (non-hydrogen) atoms. The van der Waals surface area contributed by atoms with E-state index >= 15 is 0 Å². The van der Waals surface area contributed by atoms with Crippen molar-refractivity contribution in [2.75, 3.05) is 26.3 Å². The zero-order valence-electron chi connectivity index (χ0n) is 13.1. The van der Waals surface area contributed by atoms with Gasteiger partial charge in [0.1, 0.15) is 0 Å². The van der Waals surface area contributed by atoms with E-state index in [0.717, 1.165) is 38.8 Å². The molecule has 0 aromatic heterocycles. The van der Waals surface area contributed by atoms with Crippen LogP contribution in [0.1, 0.15) is 31.2 Å². The minimum Gasteiger partial charge on any atom is -0.381 e. The highest BCUT2D eigenvalue weighted by Crippen LogP contribution is 2.06. The van der Waals surface area contributed by atoms with E-state index in [1.807, 2.05) is 18.2 Å². The standard InChI is InChI=1S/C17H26N2O2.ClH/c20-17(16-9-4-5-11-18-16)19-12-6-13-21-14-10-15-7-2-1-3-8-15;/h1-3,7-8,16,18H,4-6,9-14H2,(H,19,20);1H. The molecule has 1 fully saturated rings. The van der Waals surface area contributed by atoms with Gasteiger partial charge in [-0.2, -0.15) is 0 Å². The SMILES string of the molecule is Cl.O=C(NCCCOCCc1ccccc1)C1CCCCN1. The van der Waals surface area contributed by atoms with Crippen LogP contribution in [0.4, 0.5) is 0 Å². The number of hydrogen-bond acceptors (Lipinski definition) is 3. The lowest BCUT2D eigenvalue weighted by Gasteiger charge is -2.22. The van der Waals surface area contributed by atoms with Gasteiger partial charge in [0.2, 0.25) is 5.91 Å². The number of carbonyl (C=O) groups excluding carboxylic acids is 1. The van der Waals surface area contributed by atoms with Crippen LogP contribution in [0.25, 0.3) is 0 Å². The molecule has 1 saturated heterocycles. The summed E-state index contributed by atoms with van der Waals surface area (Å²) >= 11 is 0. The second kappa shape index (κ2) is 11.5. The molecule has 0 bridgehead atoms. The minimum absolute atomic E-state index is 0. The van der Waals surface area contributed by atoms with Crippen molar-refractivity contribution in [3.05, 3.63) is 35.9 Å². The Morgan fingerprint density at radius 2 is 2.05 bits per heavy atom. The molecule has 1 aliphatic heterocycles. The van der Waals surface area contributed by atoms with Crippen molar-refractivity contribution in [2.24, 2.45) is 0 Å². The van der Waals surface area contributed by atoms with Crippen molar-refractivity contribution in [1.29, 1.82) is 0 Å². The summed E-state index contributed by atoms with van der Waals surface area (Å²) < 4.78 is 5.60. The summed E-state index contributed by atoms with van der Waals surface area (Å²) in [6, 6.07) is 10.3. The van der Waals surface area contributed by atoms with Crippen molar-refractivity contribution in [2.45, 2.75) is 38.1 Å². The van der Waals surface area contributed by atoms with Crippen molar-refractivity contribution in [3.63, 3.8) is 0 Å². The van der Waals surface area contributed by atoms with Crippen molar-refractivity contribution in [3.8, 4) is 0 Å². The maximum absolute atomic E-state index is 11.9. The number of ether oxygens (including phenoxy) is 1. The van der Waals surface area contributed by atoms with Crippen LogP contribution in [-0.2, 0) is 16.0 Å². The largest absolute Gasteiger partial charge is 0.381 e. The molecule has 1 aliphatic rings. The van der Waals surface area contributed by atoms with E-state index < -0.39 is 0 Å². The quantitative estimate of drug-likeness (QED) is 0.721. The molecule has 124 valence electrons. The van der Waals surface area contributed by atoms with E-state index in [0.29, 0.717) is 13.2 Å². The van der Waals surface area contributed by atoms with Crippen molar-refractivity contribution < 1.29 is 9.53 Å². The highest BCUT2D eigenvalue weighted by atomic mass is 35.5. The molecule has 1 heterocycles. The lowest BCUT2D eigenvalue weighted by molar-refractivity contribution is -0.123. The average molecular weight is 327 g/mol. The third-order valence-corrected chi connectivity index (χ3v) is 3.77. The molecule has 5 heteroatoms. The summed E-state index contributed by atoms with van der Waals surface area (Å²) in [5.41, 5.74) is 1.30. The van der Waals surface area contributed by atoms with Crippen LogP contribution in [0.5, 0.6) is 0 Å².